The van der Waals surface area contributed by atoms with Gasteiger partial charge < -0.3 is 20.3 Å². The molecule has 0 saturated carbocycles. The standard InChI is InChI=1S/C18H19BBrNO5/c1-9(2)12-7-11(3-4-15(12)22)26-18-13(19)5-10(6-14(18)20)21-16(23)8-17(24)25/h3-7,9,22H,8,19H2,1-2H3,(H,21,23)(H,24,25). The molecule has 2 rings (SSSR count). The zero-order chi connectivity index (χ0) is 19.4. The number of hydrogen-bond acceptors (Lipinski definition) is 4. The Labute approximate surface area is 160 Å². The van der Waals surface area contributed by atoms with Crippen molar-refractivity contribution in [3.8, 4) is 17.2 Å². The van der Waals surface area contributed by atoms with E-state index in [2.05, 4.69) is 21.2 Å². The molecule has 2 aromatic carbocycles. The van der Waals surface area contributed by atoms with Crippen molar-refractivity contribution in [3.63, 3.8) is 0 Å². The van der Waals surface area contributed by atoms with Gasteiger partial charge >= 0.3 is 5.97 Å². The first-order valence-corrected chi connectivity index (χ1v) is 8.79. The number of rotatable bonds is 6. The van der Waals surface area contributed by atoms with Crippen LogP contribution < -0.4 is 15.5 Å². The maximum Gasteiger partial charge on any atom is 0.312 e. The Morgan fingerprint density at radius 1 is 1.27 bits per heavy atom. The van der Waals surface area contributed by atoms with Gasteiger partial charge in [-0.1, -0.05) is 13.8 Å². The van der Waals surface area contributed by atoms with Crippen molar-refractivity contribution >= 4 is 46.8 Å². The molecule has 0 atom stereocenters. The molecule has 0 spiro atoms. The number of anilines is 1. The van der Waals surface area contributed by atoms with E-state index in [1.54, 1.807) is 30.3 Å². The van der Waals surface area contributed by atoms with Gasteiger partial charge in [0.05, 0.1) is 4.47 Å². The molecule has 2 aromatic rings. The van der Waals surface area contributed by atoms with E-state index in [9.17, 15) is 14.7 Å². The fourth-order valence-electron chi connectivity index (χ4n) is 2.45. The minimum Gasteiger partial charge on any atom is -0.508 e. The summed E-state index contributed by atoms with van der Waals surface area (Å²) in [6, 6.07) is 8.40. The summed E-state index contributed by atoms with van der Waals surface area (Å²) in [5, 5.41) is 21.1. The van der Waals surface area contributed by atoms with Crippen LogP contribution in [-0.4, -0.2) is 29.9 Å². The van der Waals surface area contributed by atoms with Crippen LogP contribution in [0.3, 0.4) is 0 Å². The van der Waals surface area contributed by atoms with Gasteiger partial charge in [0.1, 0.15) is 31.5 Å². The van der Waals surface area contributed by atoms with Gasteiger partial charge in [-0.25, -0.2) is 0 Å². The number of phenols is 1. The summed E-state index contributed by atoms with van der Waals surface area (Å²) >= 11 is 3.42. The number of nitrogens with one attached hydrogen (secondary N) is 1. The number of ether oxygens (including phenoxy) is 1. The monoisotopic (exact) mass is 419 g/mol. The van der Waals surface area contributed by atoms with Crippen LogP contribution in [0, 0.1) is 0 Å². The topological polar surface area (TPSA) is 95.9 Å². The van der Waals surface area contributed by atoms with Crippen LogP contribution in [0.4, 0.5) is 5.69 Å². The number of aliphatic carboxylic acids is 1. The Morgan fingerprint density at radius 3 is 2.54 bits per heavy atom. The van der Waals surface area contributed by atoms with Gasteiger partial charge in [0.15, 0.2) is 0 Å². The van der Waals surface area contributed by atoms with E-state index in [4.69, 9.17) is 9.84 Å². The van der Waals surface area contributed by atoms with Gasteiger partial charge in [-0.3, -0.25) is 9.59 Å². The highest BCUT2D eigenvalue weighted by Gasteiger charge is 2.14. The van der Waals surface area contributed by atoms with E-state index >= 15 is 0 Å². The summed E-state index contributed by atoms with van der Waals surface area (Å²) in [6.45, 7) is 3.96. The number of carboxylic acids is 1. The summed E-state index contributed by atoms with van der Waals surface area (Å²) in [4.78, 5) is 22.2. The molecule has 0 aliphatic heterocycles. The number of carbonyl (C=O) groups is 2. The number of amides is 1. The van der Waals surface area contributed by atoms with Crippen molar-refractivity contribution in [2.45, 2.75) is 26.2 Å². The quantitative estimate of drug-likeness (QED) is 0.494. The SMILES string of the molecule is Bc1cc(NC(=O)CC(=O)O)cc(Br)c1Oc1ccc(O)c(C(C)C)c1. The van der Waals surface area contributed by atoms with Crippen LogP contribution >= 0.6 is 15.9 Å². The van der Waals surface area contributed by atoms with Gasteiger partial charge in [0, 0.05) is 11.3 Å². The van der Waals surface area contributed by atoms with Gasteiger partial charge in [-0.2, -0.15) is 0 Å². The van der Waals surface area contributed by atoms with E-state index in [1.807, 2.05) is 21.7 Å². The maximum absolute atomic E-state index is 11.6. The molecule has 6 nitrogen and oxygen atoms in total. The average Bonchev–Trinajstić information content (AvgIpc) is 2.51. The van der Waals surface area contributed by atoms with Crippen molar-refractivity contribution in [2.75, 3.05) is 5.32 Å². The molecule has 0 saturated heterocycles. The average molecular weight is 420 g/mol. The van der Waals surface area contributed by atoms with Crippen molar-refractivity contribution in [2.24, 2.45) is 0 Å². The van der Waals surface area contributed by atoms with Gasteiger partial charge in [0.25, 0.3) is 0 Å². The third kappa shape index (κ3) is 5.01. The minimum absolute atomic E-state index is 0.148. The molecule has 0 aromatic heterocycles. The molecule has 136 valence electrons. The second-order valence-electron chi connectivity index (χ2n) is 6.20. The molecule has 0 fully saturated rings. The number of benzene rings is 2. The minimum atomic E-state index is -1.19. The largest absolute Gasteiger partial charge is 0.508 e. The first-order valence-electron chi connectivity index (χ1n) is 8.00. The predicted molar refractivity (Wildman–Crippen MR) is 105 cm³/mol. The first kappa shape index (κ1) is 19.8. The van der Waals surface area contributed by atoms with Crippen molar-refractivity contribution in [1.82, 2.24) is 0 Å². The number of halogens is 1. The lowest BCUT2D eigenvalue weighted by molar-refractivity contribution is -0.139. The zero-order valence-electron chi connectivity index (χ0n) is 14.7. The fraction of sp³-hybridized carbons (Fsp3) is 0.222. The lowest BCUT2D eigenvalue weighted by atomic mass is 9.94. The van der Waals surface area contributed by atoms with Crippen molar-refractivity contribution in [3.05, 3.63) is 40.4 Å². The lowest BCUT2D eigenvalue weighted by Gasteiger charge is -2.15. The molecule has 0 bridgehead atoms. The molecule has 26 heavy (non-hydrogen) atoms. The number of hydrogen-bond donors (Lipinski definition) is 3. The lowest BCUT2D eigenvalue weighted by Crippen LogP contribution is -2.17. The normalized spacial score (nSPS) is 10.6. The summed E-state index contributed by atoms with van der Waals surface area (Å²) < 4.78 is 6.56. The van der Waals surface area contributed by atoms with Gasteiger partial charge in [-0.05, 0) is 57.6 Å². The van der Waals surface area contributed by atoms with E-state index < -0.39 is 18.3 Å². The number of phenolic OH excluding ortho intramolecular Hbond substituents is 1. The molecule has 0 radical (unpaired) electrons. The van der Waals surface area contributed by atoms with E-state index in [1.165, 1.54) is 0 Å². The zero-order valence-corrected chi connectivity index (χ0v) is 16.3. The van der Waals surface area contributed by atoms with Crippen molar-refractivity contribution < 1.29 is 24.5 Å². The Kier molecular flexibility index (Phi) is 6.31. The number of carbonyl (C=O) groups excluding carboxylic acids is 1. The second kappa shape index (κ2) is 8.27. The molecule has 3 N–H and O–H groups in total. The smallest absolute Gasteiger partial charge is 0.312 e. The Hall–Kier alpha value is -2.48. The molecule has 8 heteroatoms. The summed E-state index contributed by atoms with van der Waals surface area (Å²) in [5.41, 5.74) is 2.01. The third-order valence-corrected chi connectivity index (χ3v) is 4.25. The molecule has 0 aliphatic carbocycles. The molecular formula is C18H19BBrNO5. The van der Waals surface area contributed by atoms with Gasteiger partial charge in [0.2, 0.25) is 5.91 Å². The van der Waals surface area contributed by atoms with Crippen molar-refractivity contribution in [1.29, 1.82) is 0 Å². The van der Waals surface area contributed by atoms with E-state index in [0.29, 0.717) is 21.7 Å². The highest BCUT2D eigenvalue weighted by Crippen LogP contribution is 2.34. The first-order chi connectivity index (χ1) is 12.2. The molecule has 1 amide bonds. The summed E-state index contributed by atoms with van der Waals surface area (Å²) in [5.74, 6) is -0.266. The van der Waals surface area contributed by atoms with Crippen LogP contribution in [-0.2, 0) is 9.59 Å². The molecule has 0 aliphatic rings. The highest BCUT2D eigenvalue weighted by molar-refractivity contribution is 9.10. The van der Waals surface area contributed by atoms with Crippen LogP contribution in [0.15, 0.2) is 34.8 Å². The van der Waals surface area contributed by atoms with Crippen LogP contribution in [0.1, 0.15) is 31.7 Å². The van der Waals surface area contributed by atoms with Crippen LogP contribution in [0.25, 0.3) is 0 Å². The van der Waals surface area contributed by atoms with Crippen LogP contribution in [0.5, 0.6) is 17.2 Å². The predicted octanol–water partition coefficient (Wildman–Crippen LogP) is 2.74. The van der Waals surface area contributed by atoms with E-state index in [-0.39, 0.29) is 11.7 Å². The summed E-state index contributed by atoms with van der Waals surface area (Å²) in [7, 11) is 1.82. The molecular weight excluding hydrogens is 401 g/mol. The molecule has 0 heterocycles. The maximum atomic E-state index is 11.6. The molecule has 0 unspecified atom stereocenters. The highest BCUT2D eigenvalue weighted by atomic mass is 79.9. The number of carboxylic acid groups (broad SMARTS) is 1. The second-order valence-corrected chi connectivity index (χ2v) is 7.05. The van der Waals surface area contributed by atoms with E-state index in [0.717, 1.165) is 11.0 Å². The Bertz CT molecular complexity index is 830. The summed E-state index contributed by atoms with van der Waals surface area (Å²) in [6.07, 6.45) is -0.597. The Morgan fingerprint density at radius 2 is 1.96 bits per heavy atom. The van der Waals surface area contributed by atoms with Gasteiger partial charge in [-0.15, -0.1) is 0 Å². The number of aromatic hydroxyl groups is 1. The third-order valence-electron chi connectivity index (χ3n) is 3.67. The fourth-order valence-corrected chi connectivity index (χ4v) is 3.09. The van der Waals surface area contributed by atoms with Crippen LogP contribution in [0.2, 0.25) is 0 Å². The Balaban J connectivity index is 2.25.